The van der Waals surface area contributed by atoms with Crippen molar-refractivity contribution < 1.29 is 13.2 Å². The lowest BCUT2D eigenvalue weighted by Crippen LogP contribution is -2.51. The molecular formula is C15H26N2O3S. The van der Waals surface area contributed by atoms with E-state index in [1.807, 2.05) is 38.1 Å². The Morgan fingerprint density at radius 1 is 1.24 bits per heavy atom. The fourth-order valence-corrected chi connectivity index (χ4v) is 3.23. The summed E-state index contributed by atoms with van der Waals surface area (Å²) >= 11 is 0. The first-order valence-electron chi connectivity index (χ1n) is 6.96. The van der Waals surface area contributed by atoms with Gasteiger partial charge in [0.1, 0.15) is 5.75 Å². The first kappa shape index (κ1) is 17.9. The minimum Gasteiger partial charge on any atom is -0.497 e. The number of sulfonamides is 1. The predicted molar refractivity (Wildman–Crippen MR) is 86.2 cm³/mol. The van der Waals surface area contributed by atoms with Gasteiger partial charge in [-0.15, -0.1) is 0 Å². The van der Waals surface area contributed by atoms with Crippen LogP contribution in [0.25, 0.3) is 0 Å². The first-order chi connectivity index (χ1) is 9.61. The normalized spacial score (nSPS) is 14.0. The van der Waals surface area contributed by atoms with Crippen LogP contribution < -0.4 is 14.8 Å². The van der Waals surface area contributed by atoms with Crippen LogP contribution in [0, 0.1) is 0 Å². The molecule has 120 valence electrons. The number of hydrogen-bond donors (Lipinski definition) is 2. The fourth-order valence-electron chi connectivity index (χ4n) is 2.15. The molecule has 21 heavy (non-hydrogen) atoms. The van der Waals surface area contributed by atoms with Crippen molar-refractivity contribution in [3.8, 4) is 5.75 Å². The molecule has 1 unspecified atom stereocenters. The lowest BCUT2D eigenvalue weighted by molar-refractivity contribution is 0.394. The Morgan fingerprint density at radius 2 is 1.81 bits per heavy atom. The maximum atomic E-state index is 11.3. The highest BCUT2D eigenvalue weighted by Gasteiger charge is 2.22. The van der Waals surface area contributed by atoms with Crippen molar-refractivity contribution in [2.24, 2.45) is 0 Å². The van der Waals surface area contributed by atoms with Crippen LogP contribution in [-0.2, 0) is 16.4 Å². The van der Waals surface area contributed by atoms with Gasteiger partial charge in [0, 0.05) is 18.1 Å². The zero-order valence-corrected chi connectivity index (χ0v) is 14.3. The van der Waals surface area contributed by atoms with Crippen LogP contribution >= 0.6 is 0 Å². The van der Waals surface area contributed by atoms with Crippen LogP contribution in [0.5, 0.6) is 5.75 Å². The monoisotopic (exact) mass is 314 g/mol. The second-order valence-electron chi connectivity index (χ2n) is 6.09. The Morgan fingerprint density at radius 3 is 2.29 bits per heavy atom. The smallest absolute Gasteiger partial charge is 0.209 e. The van der Waals surface area contributed by atoms with Crippen molar-refractivity contribution in [2.75, 3.05) is 19.9 Å². The number of hydrogen-bond acceptors (Lipinski definition) is 4. The lowest BCUT2D eigenvalue weighted by Gasteiger charge is -2.27. The molecule has 0 radical (unpaired) electrons. The molecule has 1 rings (SSSR count). The van der Waals surface area contributed by atoms with Crippen molar-refractivity contribution in [1.29, 1.82) is 0 Å². The van der Waals surface area contributed by atoms with Crippen LogP contribution in [0.2, 0.25) is 0 Å². The molecule has 0 aliphatic heterocycles. The van der Waals surface area contributed by atoms with Crippen LogP contribution in [0.3, 0.4) is 0 Å². The summed E-state index contributed by atoms with van der Waals surface area (Å²) in [5.74, 6) is 0.845. The van der Waals surface area contributed by atoms with Crippen molar-refractivity contribution in [1.82, 2.24) is 10.0 Å². The summed E-state index contributed by atoms with van der Waals surface area (Å²) in [6, 6.07) is 8.21. The average Bonchev–Trinajstić information content (AvgIpc) is 2.35. The third kappa shape index (κ3) is 7.45. The zero-order chi connectivity index (χ0) is 16.1. The largest absolute Gasteiger partial charge is 0.497 e. The van der Waals surface area contributed by atoms with E-state index in [1.54, 1.807) is 7.11 Å². The van der Waals surface area contributed by atoms with Crippen LogP contribution in [0.4, 0.5) is 0 Å². The van der Waals surface area contributed by atoms with E-state index in [0.717, 1.165) is 12.2 Å². The molecule has 1 aromatic rings. The minimum atomic E-state index is -3.20. The predicted octanol–water partition coefficient (Wildman–Crippen LogP) is 1.54. The van der Waals surface area contributed by atoms with E-state index in [4.69, 9.17) is 4.74 Å². The maximum absolute atomic E-state index is 11.3. The molecule has 0 heterocycles. The lowest BCUT2D eigenvalue weighted by atomic mass is 10.0. The molecule has 0 amide bonds. The Hall–Kier alpha value is -1.11. The van der Waals surface area contributed by atoms with Crippen LogP contribution in [-0.4, -0.2) is 39.9 Å². The molecule has 1 aromatic carbocycles. The van der Waals surface area contributed by atoms with E-state index < -0.39 is 15.6 Å². The van der Waals surface area contributed by atoms with Crippen molar-refractivity contribution in [2.45, 2.75) is 38.8 Å². The number of nitrogens with one attached hydrogen (secondary N) is 2. The van der Waals surface area contributed by atoms with Gasteiger partial charge in [0.15, 0.2) is 0 Å². The van der Waals surface area contributed by atoms with Crippen LogP contribution in [0.15, 0.2) is 24.3 Å². The number of methoxy groups -OCH3 is 1. The molecule has 2 N–H and O–H groups in total. The van der Waals surface area contributed by atoms with E-state index in [1.165, 1.54) is 11.8 Å². The summed E-state index contributed by atoms with van der Waals surface area (Å²) in [6.07, 6.45) is 2.05. The number of ether oxygens (including phenoxy) is 1. The van der Waals surface area contributed by atoms with Gasteiger partial charge in [0.2, 0.25) is 10.0 Å². The van der Waals surface area contributed by atoms with Gasteiger partial charge in [-0.25, -0.2) is 13.1 Å². The molecule has 0 spiro atoms. The summed E-state index contributed by atoms with van der Waals surface area (Å²) in [5, 5.41) is 3.36. The molecule has 1 atom stereocenters. The fraction of sp³-hybridized carbons (Fsp3) is 0.600. The second kappa shape index (κ2) is 7.24. The number of benzene rings is 1. The highest BCUT2D eigenvalue weighted by Crippen LogP contribution is 2.13. The van der Waals surface area contributed by atoms with Crippen molar-refractivity contribution >= 4 is 10.0 Å². The Kier molecular flexibility index (Phi) is 6.19. The molecule has 0 saturated carbocycles. The van der Waals surface area contributed by atoms with Crippen molar-refractivity contribution in [3.63, 3.8) is 0 Å². The zero-order valence-electron chi connectivity index (χ0n) is 13.4. The van der Waals surface area contributed by atoms with E-state index in [2.05, 4.69) is 17.0 Å². The molecule has 6 heteroatoms. The summed E-state index contributed by atoms with van der Waals surface area (Å²) in [5.41, 5.74) is 0.701. The van der Waals surface area contributed by atoms with Gasteiger partial charge >= 0.3 is 0 Å². The van der Waals surface area contributed by atoms with E-state index in [-0.39, 0.29) is 6.04 Å². The van der Waals surface area contributed by atoms with Gasteiger partial charge < -0.3 is 10.1 Å². The molecule has 0 bridgehead atoms. The molecular weight excluding hydrogens is 288 g/mol. The molecule has 0 aliphatic carbocycles. The van der Waals surface area contributed by atoms with E-state index in [9.17, 15) is 8.42 Å². The van der Waals surface area contributed by atoms with Gasteiger partial charge in [0.05, 0.1) is 13.4 Å². The van der Waals surface area contributed by atoms with Gasteiger partial charge in [-0.3, -0.25) is 0 Å². The van der Waals surface area contributed by atoms with E-state index in [0.29, 0.717) is 6.54 Å². The van der Waals surface area contributed by atoms with Gasteiger partial charge in [-0.1, -0.05) is 12.1 Å². The maximum Gasteiger partial charge on any atom is 0.209 e. The van der Waals surface area contributed by atoms with Gasteiger partial charge in [-0.2, -0.15) is 0 Å². The first-order valence-corrected chi connectivity index (χ1v) is 8.86. The third-order valence-electron chi connectivity index (χ3n) is 3.06. The average molecular weight is 314 g/mol. The Labute approximate surface area is 128 Å². The third-order valence-corrected chi connectivity index (χ3v) is 3.98. The van der Waals surface area contributed by atoms with Crippen LogP contribution in [0.1, 0.15) is 26.3 Å². The molecule has 0 aliphatic rings. The summed E-state index contributed by atoms with van der Waals surface area (Å²) in [7, 11) is -1.55. The molecule has 0 fully saturated rings. The quantitative estimate of drug-likeness (QED) is 0.764. The highest BCUT2D eigenvalue weighted by atomic mass is 32.2. The van der Waals surface area contributed by atoms with E-state index >= 15 is 0 Å². The topological polar surface area (TPSA) is 67.4 Å². The van der Waals surface area contributed by atoms with Gasteiger partial charge in [-0.05, 0) is 44.9 Å². The standard InChI is InChI=1S/C15H26N2O3S/c1-12(10-13-6-8-14(20-4)9-7-13)16-11-15(2,3)17-21(5,18)19/h6-9,12,16-17H,10-11H2,1-5H3. The SMILES string of the molecule is COc1ccc(CC(C)NCC(C)(C)NS(C)(=O)=O)cc1. The summed E-state index contributed by atoms with van der Waals surface area (Å²) < 4.78 is 30.3. The van der Waals surface area contributed by atoms with Gasteiger partial charge in [0.25, 0.3) is 0 Å². The number of rotatable bonds is 8. The second-order valence-corrected chi connectivity index (χ2v) is 7.84. The Balaban J connectivity index is 2.47. The molecule has 5 nitrogen and oxygen atoms in total. The van der Waals surface area contributed by atoms with Crippen molar-refractivity contribution in [3.05, 3.63) is 29.8 Å². The summed E-state index contributed by atoms with van der Waals surface area (Å²) in [4.78, 5) is 0. The minimum absolute atomic E-state index is 0.249. The summed E-state index contributed by atoms with van der Waals surface area (Å²) in [6.45, 7) is 6.38. The highest BCUT2D eigenvalue weighted by molar-refractivity contribution is 7.88. The molecule has 0 saturated heterocycles. The molecule has 0 aromatic heterocycles. The Bertz CT molecular complexity index is 539.